The van der Waals surface area contributed by atoms with Crippen molar-refractivity contribution in [3.63, 3.8) is 0 Å². The molecule has 1 N–H and O–H groups in total. The van der Waals surface area contributed by atoms with Crippen LogP contribution in [0.5, 0.6) is 0 Å². The van der Waals surface area contributed by atoms with E-state index in [-0.39, 0.29) is 27.0 Å². The largest absolute Gasteiger partial charge is 0.410 e. The highest BCUT2D eigenvalue weighted by Gasteiger charge is 2.37. The van der Waals surface area contributed by atoms with Gasteiger partial charge in [-0.15, -0.1) is 0 Å². The molecule has 3 aromatic carbocycles. The number of nitrogens with zero attached hydrogens (tertiary/aromatic N) is 3. The Morgan fingerprint density at radius 2 is 1.35 bits per heavy atom. The van der Waals surface area contributed by atoms with Crippen LogP contribution >= 0.6 is 0 Å². The lowest BCUT2D eigenvalue weighted by Crippen LogP contribution is -2.49. The van der Waals surface area contributed by atoms with E-state index in [2.05, 4.69) is 43.0 Å². The van der Waals surface area contributed by atoms with E-state index in [9.17, 15) is 22.0 Å². The zero-order valence-corrected chi connectivity index (χ0v) is 26.5. The minimum Gasteiger partial charge on any atom is -0.410 e. The van der Waals surface area contributed by atoms with Gasteiger partial charge in [0.1, 0.15) is 5.71 Å². The first kappa shape index (κ1) is 30.0. The molecule has 228 valence electrons. The third kappa shape index (κ3) is 5.43. The second-order valence-electron chi connectivity index (χ2n) is 12.8. The lowest BCUT2D eigenvalue weighted by molar-refractivity contribution is 0.146. The summed E-state index contributed by atoms with van der Waals surface area (Å²) >= 11 is 0. The van der Waals surface area contributed by atoms with Crippen molar-refractivity contribution in [2.24, 2.45) is 10.6 Å². The number of sulfonamides is 1. The van der Waals surface area contributed by atoms with E-state index < -0.39 is 25.1 Å². The Bertz CT molecular complexity index is 1770. The van der Waals surface area contributed by atoms with Crippen LogP contribution in [0.25, 0.3) is 11.1 Å². The highest BCUT2D eigenvalue weighted by molar-refractivity contribution is 7.92. The molecule has 1 saturated carbocycles. The van der Waals surface area contributed by atoms with Crippen LogP contribution in [0, 0.1) is 5.41 Å². The van der Waals surface area contributed by atoms with Crippen LogP contribution < -0.4 is 0 Å². The maximum atomic E-state index is 13.7. The zero-order valence-electron chi connectivity index (χ0n) is 24.9. The first-order chi connectivity index (χ1) is 20.4. The molecule has 0 spiro atoms. The molecule has 2 fully saturated rings. The SMILES string of the molecule is CC(c1ccccc1)N1CCN(S(=O)(=O)c2ccc3c(c2)/C(=N/O)c2cc(S(=O)(=O)C4CCC(C)(C)CC4)ccc2-3)CC1. The van der Waals surface area contributed by atoms with Crippen molar-refractivity contribution in [2.75, 3.05) is 26.2 Å². The van der Waals surface area contributed by atoms with Gasteiger partial charge in [0, 0.05) is 43.3 Å². The van der Waals surface area contributed by atoms with Gasteiger partial charge in [0.15, 0.2) is 9.84 Å². The predicted molar refractivity (Wildman–Crippen MR) is 168 cm³/mol. The molecule has 2 aliphatic carbocycles. The van der Waals surface area contributed by atoms with E-state index in [4.69, 9.17) is 0 Å². The topological polar surface area (TPSA) is 107 Å². The normalized spacial score (nSPS) is 21.4. The molecule has 10 heteroatoms. The van der Waals surface area contributed by atoms with Crippen molar-refractivity contribution >= 4 is 25.6 Å². The van der Waals surface area contributed by atoms with Crippen molar-refractivity contribution in [3.05, 3.63) is 83.4 Å². The number of sulfone groups is 1. The molecule has 0 bridgehead atoms. The zero-order chi connectivity index (χ0) is 30.6. The number of oxime groups is 1. The molecule has 3 aromatic rings. The highest BCUT2D eigenvalue weighted by atomic mass is 32.2. The van der Waals surface area contributed by atoms with Crippen molar-refractivity contribution in [1.82, 2.24) is 9.21 Å². The average molecular weight is 622 g/mol. The number of fused-ring (bicyclic) bond motifs is 3. The third-order valence-corrected chi connectivity index (χ3v) is 13.8. The van der Waals surface area contributed by atoms with E-state index in [0.29, 0.717) is 55.7 Å². The van der Waals surface area contributed by atoms with Gasteiger partial charge in [0.2, 0.25) is 10.0 Å². The Hall–Kier alpha value is -3.05. The van der Waals surface area contributed by atoms with Gasteiger partial charge in [-0.2, -0.15) is 4.31 Å². The van der Waals surface area contributed by atoms with Crippen molar-refractivity contribution in [3.8, 4) is 11.1 Å². The summed E-state index contributed by atoms with van der Waals surface area (Å²) in [5.74, 6) is 0. The number of hydrogen-bond acceptors (Lipinski definition) is 7. The number of piperazine rings is 1. The van der Waals surface area contributed by atoms with Gasteiger partial charge in [-0.25, -0.2) is 16.8 Å². The van der Waals surface area contributed by atoms with E-state index in [1.807, 2.05) is 18.2 Å². The smallest absolute Gasteiger partial charge is 0.243 e. The molecule has 43 heavy (non-hydrogen) atoms. The highest BCUT2D eigenvalue weighted by Crippen LogP contribution is 2.42. The van der Waals surface area contributed by atoms with E-state index in [1.165, 1.54) is 9.87 Å². The van der Waals surface area contributed by atoms with Crippen molar-refractivity contribution in [2.45, 2.75) is 67.5 Å². The van der Waals surface area contributed by atoms with Gasteiger partial charge >= 0.3 is 0 Å². The molecule has 1 unspecified atom stereocenters. The van der Waals surface area contributed by atoms with Crippen molar-refractivity contribution in [1.29, 1.82) is 0 Å². The van der Waals surface area contributed by atoms with Crippen LogP contribution in [0.3, 0.4) is 0 Å². The Balaban J connectivity index is 1.23. The molecule has 1 aliphatic heterocycles. The first-order valence-corrected chi connectivity index (χ1v) is 18.0. The van der Waals surface area contributed by atoms with Gasteiger partial charge < -0.3 is 5.21 Å². The average Bonchev–Trinajstić information content (AvgIpc) is 3.33. The van der Waals surface area contributed by atoms with Gasteiger partial charge in [0.25, 0.3) is 0 Å². The fourth-order valence-corrected chi connectivity index (χ4v) is 10.0. The summed E-state index contributed by atoms with van der Waals surface area (Å²) in [7, 11) is -7.37. The molecule has 3 aliphatic rings. The minimum absolute atomic E-state index is 0.127. The van der Waals surface area contributed by atoms with Crippen molar-refractivity contribution < 1.29 is 22.0 Å². The van der Waals surface area contributed by atoms with E-state index >= 15 is 0 Å². The van der Waals surface area contributed by atoms with Gasteiger partial charge in [-0.3, -0.25) is 4.90 Å². The molecule has 1 saturated heterocycles. The first-order valence-electron chi connectivity index (χ1n) is 15.0. The second kappa shape index (κ2) is 11.1. The molecule has 6 rings (SSSR count). The summed E-state index contributed by atoms with van der Waals surface area (Å²) in [6, 6.07) is 20.2. The van der Waals surface area contributed by atoms with Gasteiger partial charge in [-0.1, -0.05) is 61.5 Å². The van der Waals surface area contributed by atoms with E-state index in [0.717, 1.165) is 18.4 Å². The van der Waals surface area contributed by atoms with Crippen LogP contribution in [-0.2, 0) is 19.9 Å². The predicted octanol–water partition coefficient (Wildman–Crippen LogP) is 5.70. The fourth-order valence-electron chi connectivity index (χ4n) is 6.80. The summed E-state index contributed by atoms with van der Waals surface area (Å²) in [6.45, 7) is 8.46. The number of hydrogen-bond donors (Lipinski definition) is 1. The molecular formula is C33H39N3O5S2. The molecule has 1 heterocycles. The third-order valence-electron chi connectivity index (χ3n) is 9.68. The Morgan fingerprint density at radius 3 is 1.93 bits per heavy atom. The van der Waals surface area contributed by atoms with Crippen LogP contribution in [-0.4, -0.2) is 68.4 Å². The molecule has 0 amide bonds. The second-order valence-corrected chi connectivity index (χ2v) is 17.0. The summed E-state index contributed by atoms with van der Waals surface area (Å²) in [6.07, 6.45) is 2.95. The standard InChI is InChI=1S/C33H39N3O5S2/c1-23(24-7-5-4-6-8-24)35-17-19-36(20-18-35)43(40,41)27-10-12-29-28-11-9-26(21-30(28)32(34-37)31(29)22-27)42(38,39)25-13-15-33(2,3)16-14-25/h4-12,21-23,25,37H,13-20H2,1-3H3/b34-32+. The minimum atomic E-state index is -3.80. The summed E-state index contributed by atoms with van der Waals surface area (Å²) in [5, 5.41) is 13.1. The van der Waals surface area contributed by atoms with E-state index in [1.54, 1.807) is 36.4 Å². The van der Waals surface area contributed by atoms with Crippen LogP contribution in [0.15, 0.2) is 81.7 Å². The number of benzene rings is 3. The summed E-state index contributed by atoms with van der Waals surface area (Å²) in [4.78, 5) is 2.62. The monoisotopic (exact) mass is 621 g/mol. The molecular weight excluding hydrogens is 583 g/mol. The maximum Gasteiger partial charge on any atom is 0.243 e. The Labute approximate surface area is 255 Å². The number of rotatable bonds is 6. The van der Waals surface area contributed by atoms with Crippen LogP contribution in [0.2, 0.25) is 0 Å². The molecule has 8 nitrogen and oxygen atoms in total. The summed E-state index contributed by atoms with van der Waals surface area (Å²) < 4.78 is 56.1. The van der Waals surface area contributed by atoms with Gasteiger partial charge in [-0.05, 0) is 79.0 Å². The maximum absolute atomic E-state index is 13.7. The molecule has 1 atom stereocenters. The fraction of sp³-hybridized carbons (Fsp3) is 0.424. The van der Waals surface area contributed by atoms with Crippen LogP contribution in [0.1, 0.15) is 69.2 Å². The quantitative estimate of drug-likeness (QED) is 0.219. The van der Waals surface area contributed by atoms with Gasteiger partial charge in [0.05, 0.1) is 15.0 Å². The van der Waals surface area contributed by atoms with Crippen LogP contribution in [0.4, 0.5) is 0 Å². The lowest BCUT2D eigenvalue weighted by Gasteiger charge is -2.37. The summed E-state index contributed by atoms with van der Waals surface area (Å²) in [5.41, 5.74) is 3.94. The Kier molecular flexibility index (Phi) is 7.77. The molecule has 0 aromatic heterocycles. The molecule has 0 radical (unpaired) electrons. The Morgan fingerprint density at radius 1 is 0.791 bits per heavy atom. The lowest BCUT2D eigenvalue weighted by atomic mass is 9.77.